The molecule has 0 aliphatic rings. The van der Waals surface area contributed by atoms with E-state index < -0.39 is 0 Å². The largest absolute Gasteiger partial charge is 0.497 e. The summed E-state index contributed by atoms with van der Waals surface area (Å²) in [6.45, 7) is 4.22. The lowest BCUT2D eigenvalue weighted by atomic mass is 10.0. The first-order valence-corrected chi connectivity index (χ1v) is 6.62. The van der Waals surface area contributed by atoms with E-state index in [1.165, 1.54) is 0 Å². The van der Waals surface area contributed by atoms with Crippen molar-refractivity contribution in [3.8, 4) is 11.5 Å². The van der Waals surface area contributed by atoms with Gasteiger partial charge >= 0.3 is 0 Å². The molecule has 5 nitrogen and oxygen atoms in total. The highest BCUT2D eigenvalue weighted by atomic mass is 16.5. The zero-order valence-electron chi connectivity index (χ0n) is 12.3. The van der Waals surface area contributed by atoms with Gasteiger partial charge in [-0.3, -0.25) is 5.10 Å². The number of aromatic nitrogens is 2. The maximum absolute atomic E-state index is 5.44. The summed E-state index contributed by atoms with van der Waals surface area (Å²) in [6, 6.07) is 6.22. The molecule has 2 rings (SSSR count). The average molecular weight is 275 g/mol. The van der Waals surface area contributed by atoms with Gasteiger partial charge in [-0.05, 0) is 19.9 Å². The van der Waals surface area contributed by atoms with Gasteiger partial charge in [-0.1, -0.05) is 6.07 Å². The molecule has 0 spiro atoms. The van der Waals surface area contributed by atoms with E-state index in [-0.39, 0.29) is 12.1 Å². The van der Waals surface area contributed by atoms with E-state index in [0.29, 0.717) is 0 Å². The molecule has 20 heavy (non-hydrogen) atoms. The molecule has 2 N–H and O–H groups in total. The van der Waals surface area contributed by atoms with E-state index in [4.69, 9.17) is 9.47 Å². The number of hydrogen-bond donors (Lipinski definition) is 2. The summed E-state index contributed by atoms with van der Waals surface area (Å²) in [5.74, 6) is 1.62. The lowest BCUT2D eigenvalue weighted by Gasteiger charge is -2.21. The number of H-pyrrole nitrogens is 1. The Morgan fingerprint density at radius 1 is 1.15 bits per heavy atom. The van der Waals surface area contributed by atoms with Gasteiger partial charge in [0.2, 0.25) is 0 Å². The van der Waals surface area contributed by atoms with Crippen molar-refractivity contribution >= 4 is 0 Å². The van der Waals surface area contributed by atoms with E-state index >= 15 is 0 Å². The third-order valence-electron chi connectivity index (χ3n) is 3.43. The van der Waals surface area contributed by atoms with E-state index in [9.17, 15) is 0 Å². The van der Waals surface area contributed by atoms with Gasteiger partial charge in [0.15, 0.2) is 0 Å². The van der Waals surface area contributed by atoms with Crippen molar-refractivity contribution in [2.75, 3.05) is 14.2 Å². The summed E-state index contributed by atoms with van der Waals surface area (Å²) < 4.78 is 10.7. The summed E-state index contributed by atoms with van der Waals surface area (Å²) in [4.78, 5) is 0. The van der Waals surface area contributed by atoms with Crippen molar-refractivity contribution in [3.05, 3.63) is 41.7 Å². The Labute approximate surface area is 119 Å². The van der Waals surface area contributed by atoms with Gasteiger partial charge < -0.3 is 14.8 Å². The summed E-state index contributed by atoms with van der Waals surface area (Å²) in [5, 5.41) is 10.3. The molecular weight excluding hydrogens is 254 g/mol. The minimum atomic E-state index is 0.153. The summed E-state index contributed by atoms with van der Waals surface area (Å²) >= 11 is 0. The zero-order chi connectivity index (χ0) is 14.5. The highest BCUT2D eigenvalue weighted by Gasteiger charge is 2.16. The quantitative estimate of drug-likeness (QED) is 0.851. The van der Waals surface area contributed by atoms with Crippen LogP contribution in [0.5, 0.6) is 11.5 Å². The van der Waals surface area contributed by atoms with Crippen molar-refractivity contribution in [2.45, 2.75) is 25.9 Å². The fourth-order valence-electron chi connectivity index (χ4n) is 2.23. The van der Waals surface area contributed by atoms with Crippen molar-refractivity contribution in [2.24, 2.45) is 0 Å². The molecule has 0 aliphatic heterocycles. The SMILES string of the molecule is COc1ccc(C(C)NC(C)c2cn[nH]c2)c(OC)c1. The molecule has 0 radical (unpaired) electrons. The van der Waals surface area contributed by atoms with E-state index in [1.807, 2.05) is 30.6 Å². The minimum absolute atomic E-state index is 0.153. The van der Waals surface area contributed by atoms with Crippen LogP contribution in [0.15, 0.2) is 30.6 Å². The van der Waals surface area contributed by atoms with Gasteiger partial charge in [0.1, 0.15) is 11.5 Å². The molecule has 1 aromatic carbocycles. The molecule has 0 saturated heterocycles. The van der Waals surface area contributed by atoms with Crippen LogP contribution in [-0.2, 0) is 0 Å². The molecule has 2 aromatic rings. The average Bonchev–Trinajstić information content (AvgIpc) is 3.00. The van der Waals surface area contributed by atoms with Gasteiger partial charge in [-0.25, -0.2) is 0 Å². The van der Waals surface area contributed by atoms with Crippen LogP contribution >= 0.6 is 0 Å². The Morgan fingerprint density at radius 3 is 2.55 bits per heavy atom. The van der Waals surface area contributed by atoms with E-state index in [1.54, 1.807) is 14.2 Å². The lowest BCUT2D eigenvalue weighted by Crippen LogP contribution is -2.22. The molecule has 0 aliphatic carbocycles. The molecular formula is C15H21N3O2. The van der Waals surface area contributed by atoms with Gasteiger partial charge in [0.25, 0.3) is 0 Å². The molecule has 0 saturated carbocycles. The molecule has 1 heterocycles. The first kappa shape index (κ1) is 14.4. The van der Waals surface area contributed by atoms with Crippen LogP contribution < -0.4 is 14.8 Å². The fraction of sp³-hybridized carbons (Fsp3) is 0.400. The van der Waals surface area contributed by atoms with Gasteiger partial charge in [0, 0.05) is 35.5 Å². The summed E-state index contributed by atoms with van der Waals surface area (Å²) in [5.41, 5.74) is 2.23. The molecule has 0 fully saturated rings. The standard InChI is InChI=1S/C15H21N3O2/c1-10(12-8-16-17-9-12)18-11(2)14-6-5-13(19-3)7-15(14)20-4/h5-11,18H,1-4H3,(H,16,17). The molecule has 2 atom stereocenters. The predicted molar refractivity (Wildman–Crippen MR) is 78.1 cm³/mol. The van der Waals surface area contributed by atoms with Crippen molar-refractivity contribution in [3.63, 3.8) is 0 Å². The van der Waals surface area contributed by atoms with Crippen molar-refractivity contribution in [1.82, 2.24) is 15.5 Å². The number of methoxy groups -OCH3 is 2. The second kappa shape index (κ2) is 6.43. The maximum atomic E-state index is 5.44. The number of aromatic amines is 1. The van der Waals surface area contributed by atoms with Crippen LogP contribution in [0, 0.1) is 0 Å². The van der Waals surface area contributed by atoms with Crippen LogP contribution in [0.2, 0.25) is 0 Å². The van der Waals surface area contributed by atoms with Gasteiger partial charge in [-0.15, -0.1) is 0 Å². The third-order valence-corrected chi connectivity index (χ3v) is 3.43. The van der Waals surface area contributed by atoms with Crippen LogP contribution in [0.25, 0.3) is 0 Å². The number of rotatable bonds is 6. The van der Waals surface area contributed by atoms with Crippen LogP contribution in [0.1, 0.15) is 37.1 Å². The Kier molecular flexibility index (Phi) is 4.63. The topological polar surface area (TPSA) is 59.2 Å². The first-order chi connectivity index (χ1) is 9.65. The third kappa shape index (κ3) is 3.11. The molecule has 0 bridgehead atoms. The van der Waals surface area contributed by atoms with Crippen LogP contribution in [0.3, 0.4) is 0 Å². The number of hydrogen-bond acceptors (Lipinski definition) is 4. The highest BCUT2D eigenvalue weighted by molar-refractivity contribution is 5.42. The highest BCUT2D eigenvalue weighted by Crippen LogP contribution is 2.30. The number of benzene rings is 1. The van der Waals surface area contributed by atoms with E-state index in [2.05, 4.69) is 29.4 Å². The van der Waals surface area contributed by atoms with Gasteiger partial charge in [-0.2, -0.15) is 5.10 Å². The summed E-state index contributed by atoms with van der Waals surface area (Å²) in [6.07, 6.45) is 3.73. The van der Waals surface area contributed by atoms with Crippen molar-refractivity contribution in [1.29, 1.82) is 0 Å². The van der Waals surface area contributed by atoms with Crippen molar-refractivity contribution < 1.29 is 9.47 Å². The number of nitrogens with one attached hydrogen (secondary N) is 2. The molecule has 2 unspecified atom stereocenters. The normalized spacial score (nSPS) is 13.8. The molecule has 5 heteroatoms. The summed E-state index contributed by atoms with van der Waals surface area (Å²) in [7, 11) is 3.32. The monoisotopic (exact) mass is 275 g/mol. The second-order valence-electron chi connectivity index (χ2n) is 4.75. The number of nitrogens with zero attached hydrogens (tertiary/aromatic N) is 1. The fourth-order valence-corrected chi connectivity index (χ4v) is 2.23. The van der Waals surface area contributed by atoms with Crippen LogP contribution in [-0.4, -0.2) is 24.4 Å². The Hall–Kier alpha value is -2.01. The Balaban J connectivity index is 2.14. The zero-order valence-corrected chi connectivity index (χ0v) is 12.3. The van der Waals surface area contributed by atoms with E-state index in [0.717, 1.165) is 22.6 Å². The molecule has 1 aromatic heterocycles. The Bertz CT molecular complexity index is 540. The first-order valence-electron chi connectivity index (χ1n) is 6.62. The molecule has 108 valence electrons. The van der Waals surface area contributed by atoms with Crippen LogP contribution in [0.4, 0.5) is 0 Å². The smallest absolute Gasteiger partial charge is 0.127 e. The lowest BCUT2D eigenvalue weighted by molar-refractivity contribution is 0.383. The Morgan fingerprint density at radius 2 is 1.95 bits per heavy atom. The van der Waals surface area contributed by atoms with Gasteiger partial charge in [0.05, 0.1) is 20.4 Å². The predicted octanol–water partition coefficient (Wildman–Crippen LogP) is 2.84. The number of ether oxygens (including phenoxy) is 2. The maximum Gasteiger partial charge on any atom is 0.127 e. The second-order valence-corrected chi connectivity index (χ2v) is 4.75. The molecule has 0 amide bonds. The minimum Gasteiger partial charge on any atom is -0.497 e.